The highest BCUT2D eigenvalue weighted by molar-refractivity contribution is 5.70. The summed E-state index contributed by atoms with van der Waals surface area (Å²) in [6.07, 6.45) is 61.0. The van der Waals surface area contributed by atoms with Gasteiger partial charge in [0.15, 0.2) is 6.10 Å². The van der Waals surface area contributed by atoms with Crippen molar-refractivity contribution in [3.63, 3.8) is 0 Å². The highest BCUT2D eigenvalue weighted by atomic mass is 16.6. The van der Waals surface area contributed by atoms with E-state index in [4.69, 9.17) is 9.47 Å². The number of unbranched alkanes of at least 4 members (excludes halogenated alkanes) is 17. The van der Waals surface area contributed by atoms with Crippen LogP contribution in [0.25, 0.3) is 0 Å². The van der Waals surface area contributed by atoms with Crippen LogP contribution in [0, 0.1) is 0 Å². The van der Waals surface area contributed by atoms with Crippen LogP contribution < -0.4 is 0 Å². The first kappa shape index (κ1) is 51.1. The van der Waals surface area contributed by atoms with Crippen LogP contribution in [0.4, 0.5) is 0 Å². The van der Waals surface area contributed by atoms with E-state index in [0.717, 1.165) is 57.8 Å². The van der Waals surface area contributed by atoms with E-state index in [0.29, 0.717) is 19.3 Å². The average Bonchev–Trinajstić information content (AvgIpc) is 3.17. The van der Waals surface area contributed by atoms with Crippen molar-refractivity contribution in [1.82, 2.24) is 0 Å². The molecule has 308 valence electrons. The minimum Gasteiger partial charge on any atom is -0.462 e. The van der Waals surface area contributed by atoms with Crippen LogP contribution >= 0.6 is 0 Å². The number of carbonyl (C=O) groups is 2. The van der Waals surface area contributed by atoms with Gasteiger partial charge in [0.2, 0.25) is 0 Å². The van der Waals surface area contributed by atoms with Crippen molar-refractivity contribution in [2.24, 2.45) is 0 Å². The molecule has 0 amide bonds. The molecular formula is C49H82O5. The van der Waals surface area contributed by atoms with Gasteiger partial charge in [0.05, 0.1) is 6.61 Å². The second kappa shape index (κ2) is 44.5. The molecule has 0 aliphatic heterocycles. The fourth-order valence-electron chi connectivity index (χ4n) is 5.84. The van der Waals surface area contributed by atoms with Crippen molar-refractivity contribution in [3.05, 3.63) is 85.1 Å². The van der Waals surface area contributed by atoms with Gasteiger partial charge in [0, 0.05) is 12.8 Å². The van der Waals surface area contributed by atoms with Crippen LogP contribution in [0.3, 0.4) is 0 Å². The van der Waals surface area contributed by atoms with Gasteiger partial charge in [-0.05, 0) is 83.5 Å². The summed E-state index contributed by atoms with van der Waals surface area (Å²) in [6.45, 7) is 3.94. The zero-order chi connectivity index (χ0) is 39.3. The van der Waals surface area contributed by atoms with E-state index in [1.807, 2.05) is 0 Å². The lowest BCUT2D eigenvalue weighted by molar-refractivity contribution is -0.161. The summed E-state index contributed by atoms with van der Waals surface area (Å²) >= 11 is 0. The molecule has 54 heavy (non-hydrogen) atoms. The van der Waals surface area contributed by atoms with E-state index in [-0.39, 0.29) is 31.6 Å². The van der Waals surface area contributed by atoms with Gasteiger partial charge in [-0.2, -0.15) is 0 Å². The van der Waals surface area contributed by atoms with Gasteiger partial charge in [0.25, 0.3) is 0 Å². The number of ether oxygens (including phenoxy) is 2. The average molecular weight is 751 g/mol. The van der Waals surface area contributed by atoms with E-state index in [1.54, 1.807) is 0 Å². The fourth-order valence-corrected chi connectivity index (χ4v) is 5.84. The Morgan fingerprint density at radius 1 is 0.444 bits per heavy atom. The molecule has 0 aliphatic carbocycles. The summed E-state index contributed by atoms with van der Waals surface area (Å²) in [7, 11) is 0. The maximum absolute atomic E-state index is 12.2. The molecule has 0 aromatic rings. The summed E-state index contributed by atoms with van der Waals surface area (Å²) < 4.78 is 10.6. The first-order valence-corrected chi connectivity index (χ1v) is 22.1. The molecule has 5 heteroatoms. The first-order valence-electron chi connectivity index (χ1n) is 22.1. The number of hydrogen-bond acceptors (Lipinski definition) is 5. The van der Waals surface area contributed by atoms with Crippen LogP contribution in [0.2, 0.25) is 0 Å². The fraction of sp³-hybridized carbons (Fsp3) is 0.673. The van der Waals surface area contributed by atoms with Crippen LogP contribution in [-0.4, -0.2) is 36.4 Å². The van der Waals surface area contributed by atoms with Crippen molar-refractivity contribution in [2.45, 2.75) is 200 Å². The molecule has 1 N–H and O–H groups in total. The molecule has 0 spiro atoms. The van der Waals surface area contributed by atoms with Crippen LogP contribution in [0.5, 0.6) is 0 Å². The van der Waals surface area contributed by atoms with Crippen molar-refractivity contribution >= 4 is 11.9 Å². The highest BCUT2D eigenvalue weighted by Crippen LogP contribution is 2.14. The van der Waals surface area contributed by atoms with Gasteiger partial charge >= 0.3 is 11.9 Å². The molecule has 0 unspecified atom stereocenters. The highest BCUT2D eigenvalue weighted by Gasteiger charge is 2.15. The maximum Gasteiger partial charge on any atom is 0.306 e. The van der Waals surface area contributed by atoms with Gasteiger partial charge in [-0.1, -0.05) is 182 Å². The van der Waals surface area contributed by atoms with E-state index < -0.39 is 6.10 Å². The van der Waals surface area contributed by atoms with E-state index in [1.165, 1.54) is 96.3 Å². The zero-order valence-electron chi connectivity index (χ0n) is 35.0. The lowest BCUT2D eigenvalue weighted by Gasteiger charge is -2.15. The Bertz CT molecular complexity index is 1030. The third-order valence-electron chi connectivity index (χ3n) is 9.15. The van der Waals surface area contributed by atoms with Crippen LogP contribution in [0.15, 0.2) is 85.1 Å². The molecule has 0 aromatic heterocycles. The smallest absolute Gasteiger partial charge is 0.306 e. The summed E-state index contributed by atoms with van der Waals surface area (Å²) in [6, 6.07) is 0. The molecule has 0 aliphatic rings. The molecular weight excluding hydrogens is 669 g/mol. The van der Waals surface area contributed by atoms with Crippen LogP contribution in [-0.2, 0) is 19.1 Å². The third kappa shape index (κ3) is 41.8. The second-order valence-corrected chi connectivity index (χ2v) is 14.4. The van der Waals surface area contributed by atoms with Gasteiger partial charge < -0.3 is 14.6 Å². The Morgan fingerprint density at radius 3 is 1.28 bits per heavy atom. The summed E-state index contributed by atoms with van der Waals surface area (Å²) in [5, 5.41) is 9.56. The number of esters is 2. The van der Waals surface area contributed by atoms with Crippen LogP contribution in [0.1, 0.15) is 194 Å². The Kier molecular flexibility index (Phi) is 42.1. The maximum atomic E-state index is 12.2. The normalized spacial score (nSPS) is 13.0. The molecule has 0 aromatic carbocycles. The number of hydrogen-bond donors (Lipinski definition) is 1. The number of allylic oxidation sites excluding steroid dienone is 14. The minimum absolute atomic E-state index is 0.114. The van der Waals surface area contributed by atoms with Gasteiger partial charge in [0.1, 0.15) is 6.61 Å². The molecule has 0 bridgehead atoms. The molecule has 0 radical (unpaired) electrons. The van der Waals surface area contributed by atoms with Gasteiger partial charge in [-0.3, -0.25) is 9.59 Å². The van der Waals surface area contributed by atoms with E-state index in [9.17, 15) is 14.7 Å². The number of aliphatic hydroxyl groups excluding tert-OH is 1. The summed E-state index contributed by atoms with van der Waals surface area (Å²) in [5.74, 6) is -0.713. The van der Waals surface area contributed by atoms with Gasteiger partial charge in [-0.15, -0.1) is 0 Å². The van der Waals surface area contributed by atoms with Crippen molar-refractivity contribution in [1.29, 1.82) is 0 Å². The lowest BCUT2D eigenvalue weighted by Crippen LogP contribution is -2.28. The molecule has 0 heterocycles. The Balaban J connectivity index is 3.67. The van der Waals surface area contributed by atoms with E-state index in [2.05, 4.69) is 98.9 Å². The Labute approximate surface area is 333 Å². The Morgan fingerprint density at radius 2 is 0.815 bits per heavy atom. The largest absolute Gasteiger partial charge is 0.462 e. The van der Waals surface area contributed by atoms with Gasteiger partial charge in [-0.25, -0.2) is 0 Å². The first-order chi connectivity index (χ1) is 26.6. The molecule has 5 nitrogen and oxygen atoms in total. The predicted molar refractivity (Wildman–Crippen MR) is 233 cm³/mol. The summed E-state index contributed by atoms with van der Waals surface area (Å²) in [5.41, 5.74) is 0. The third-order valence-corrected chi connectivity index (χ3v) is 9.15. The number of aliphatic hydroxyl groups is 1. The molecule has 1 atom stereocenters. The second-order valence-electron chi connectivity index (χ2n) is 14.4. The lowest BCUT2D eigenvalue weighted by atomic mass is 10.0. The van der Waals surface area contributed by atoms with E-state index >= 15 is 0 Å². The molecule has 0 rings (SSSR count). The number of carbonyl (C=O) groups excluding carboxylic acids is 2. The SMILES string of the molecule is CC/C=C/C/C=C/C/C=C/C/C=C/C/C=C/CCCC(=O)O[C@@H](CO)COC(=O)CCC/C=C/CC/C=C/CCCCCCCCCCCCCCCC. The predicted octanol–water partition coefficient (Wildman–Crippen LogP) is 14.3. The molecule has 0 fully saturated rings. The van der Waals surface area contributed by atoms with Crippen molar-refractivity contribution in [3.8, 4) is 0 Å². The minimum atomic E-state index is -0.822. The molecule has 0 saturated carbocycles. The monoisotopic (exact) mass is 751 g/mol. The van der Waals surface area contributed by atoms with Crippen molar-refractivity contribution in [2.75, 3.05) is 13.2 Å². The van der Waals surface area contributed by atoms with Crippen molar-refractivity contribution < 1.29 is 24.2 Å². The number of rotatable bonds is 39. The quantitative estimate of drug-likeness (QED) is 0.0385. The summed E-state index contributed by atoms with van der Waals surface area (Å²) in [4.78, 5) is 24.3. The molecule has 0 saturated heterocycles. The Hall–Kier alpha value is -2.92. The standard InChI is InChI=1S/C49H82O5/c1-3-5-7-9-11-13-15-17-19-21-22-23-24-25-26-28-29-31-33-35-37-39-41-43-48(51)53-46-47(45-50)54-49(52)44-42-40-38-36-34-32-30-27-20-18-16-14-12-10-8-6-4-2/h6,8,12,14,18,20,28-30,32,35-38,47,50H,3-5,7,9-11,13,15-17,19,21-27,31,33-34,39-46H2,1-2H3/b8-6+,14-12+,20-18+,29-28+,32-30+,37-35+,38-36+/t47-/m0/s1. The topological polar surface area (TPSA) is 72.8 Å². The zero-order valence-corrected chi connectivity index (χ0v) is 35.0.